The Bertz CT molecular complexity index is 1110. The van der Waals surface area contributed by atoms with E-state index in [1.54, 1.807) is 23.0 Å². The molecule has 2 aromatic carbocycles. The van der Waals surface area contributed by atoms with Crippen molar-refractivity contribution < 1.29 is 8.42 Å². The van der Waals surface area contributed by atoms with E-state index in [4.69, 9.17) is 0 Å². The fourth-order valence-corrected chi connectivity index (χ4v) is 3.72. The average molecular weight is 351 g/mol. The molecule has 0 spiro atoms. The van der Waals surface area contributed by atoms with E-state index in [-0.39, 0.29) is 0 Å². The van der Waals surface area contributed by atoms with E-state index in [1.165, 1.54) is 11.8 Å². The molecule has 0 amide bonds. The smallest absolute Gasteiger partial charge is 0.175 e. The zero-order valence-electron chi connectivity index (χ0n) is 14.0. The monoisotopic (exact) mass is 351 g/mol. The van der Waals surface area contributed by atoms with Gasteiger partial charge in [-0.2, -0.15) is 5.10 Å². The van der Waals surface area contributed by atoms with Crippen molar-refractivity contribution in [1.29, 1.82) is 0 Å². The summed E-state index contributed by atoms with van der Waals surface area (Å²) in [4.78, 5) is 4.97. The molecule has 2 heterocycles. The minimum absolute atomic E-state index is 0.296. The molecule has 126 valence electrons. The third-order valence-electron chi connectivity index (χ3n) is 4.25. The van der Waals surface area contributed by atoms with Crippen LogP contribution in [0, 0.1) is 6.92 Å². The van der Waals surface area contributed by atoms with Crippen LogP contribution < -0.4 is 0 Å². The molecule has 0 aliphatic carbocycles. The van der Waals surface area contributed by atoms with Crippen molar-refractivity contribution in [3.63, 3.8) is 0 Å². The van der Waals surface area contributed by atoms with Crippen molar-refractivity contribution >= 4 is 21.2 Å². The summed E-state index contributed by atoms with van der Waals surface area (Å²) in [6.07, 6.45) is 5.66. The van der Waals surface area contributed by atoms with Crippen LogP contribution in [-0.4, -0.2) is 30.2 Å². The molecule has 0 bridgehead atoms. The van der Waals surface area contributed by atoms with E-state index < -0.39 is 9.84 Å². The number of hydrogen-bond acceptors (Lipinski definition) is 4. The SMILES string of the molecule is Cc1cc(-n2cc(C3=Nc4ccccc4C3)cn2)cc(S(C)(=O)=O)c1. The number of fused-ring (bicyclic) bond motifs is 1. The maximum Gasteiger partial charge on any atom is 0.175 e. The van der Waals surface area contributed by atoms with Gasteiger partial charge in [-0.3, -0.25) is 4.99 Å². The molecule has 0 saturated carbocycles. The van der Waals surface area contributed by atoms with Crippen molar-refractivity contribution in [3.8, 4) is 5.69 Å². The Morgan fingerprint density at radius 1 is 1.12 bits per heavy atom. The van der Waals surface area contributed by atoms with Gasteiger partial charge in [-0.25, -0.2) is 13.1 Å². The Labute approximate surface area is 146 Å². The lowest BCUT2D eigenvalue weighted by atomic mass is 10.1. The Hall–Kier alpha value is -2.73. The van der Waals surface area contributed by atoms with Crippen LogP contribution in [-0.2, 0) is 16.3 Å². The number of aromatic nitrogens is 2. The van der Waals surface area contributed by atoms with E-state index in [2.05, 4.69) is 16.2 Å². The van der Waals surface area contributed by atoms with Crippen LogP contribution in [0.3, 0.4) is 0 Å². The molecule has 6 heteroatoms. The largest absolute Gasteiger partial charge is 0.252 e. The van der Waals surface area contributed by atoms with Gasteiger partial charge in [0.15, 0.2) is 9.84 Å². The lowest BCUT2D eigenvalue weighted by molar-refractivity contribution is 0.601. The Morgan fingerprint density at radius 2 is 1.92 bits per heavy atom. The Kier molecular flexibility index (Phi) is 3.58. The van der Waals surface area contributed by atoms with Crippen molar-refractivity contribution in [3.05, 3.63) is 71.5 Å². The summed E-state index contributed by atoms with van der Waals surface area (Å²) in [7, 11) is -3.27. The second-order valence-corrected chi connectivity index (χ2v) is 8.33. The number of para-hydroxylation sites is 1. The fraction of sp³-hybridized carbons (Fsp3) is 0.158. The molecule has 1 aromatic heterocycles. The molecule has 0 fully saturated rings. The molecule has 25 heavy (non-hydrogen) atoms. The number of sulfone groups is 1. The van der Waals surface area contributed by atoms with Crippen LogP contribution in [0.2, 0.25) is 0 Å². The molecule has 3 aromatic rings. The molecular formula is C19H17N3O2S. The molecule has 1 aliphatic rings. The molecule has 1 aliphatic heterocycles. The summed E-state index contributed by atoms with van der Waals surface area (Å²) in [6, 6.07) is 13.3. The highest BCUT2D eigenvalue weighted by molar-refractivity contribution is 7.90. The lowest BCUT2D eigenvalue weighted by Gasteiger charge is -2.06. The second-order valence-electron chi connectivity index (χ2n) is 6.31. The number of hydrogen-bond donors (Lipinski definition) is 0. The van der Waals surface area contributed by atoms with Gasteiger partial charge in [0, 0.05) is 24.4 Å². The topological polar surface area (TPSA) is 64.3 Å². The number of rotatable bonds is 3. The van der Waals surface area contributed by atoms with Crippen LogP contribution >= 0.6 is 0 Å². The minimum Gasteiger partial charge on any atom is -0.252 e. The number of benzene rings is 2. The van der Waals surface area contributed by atoms with Crippen LogP contribution in [0.4, 0.5) is 5.69 Å². The standard InChI is InChI=1S/C19H17N3O2S/c1-13-7-16(10-17(8-13)25(2,23)24)22-12-15(11-20-22)19-9-14-5-3-4-6-18(14)21-19/h3-8,10-12H,9H2,1-2H3. The normalized spacial score (nSPS) is 13.6. The van der Waals surface area contributed by atoms with Gasteiger partial charge in [-0.05, 0) is 42.3 Å². The van der Waals surface area contributed by atoms with Crippen LogP contribution in [0.15, 0.2) is 64.7 Å². The summed E-state index contributed by atoms with van der Waals surface area (Å²) in [5, 5.41) is 4.40. The fourth-order valence-electron chi connectivity index (χ4n) is 2.99. The lowest BCUT2D eigenvalue weighted by Crippen LogP contribution is -2.02. The van der Waals surface area contributed by atoms with E-state index in [1.807, 2.05) is 37.4 Å². The predicted octanol–water partition coefficient (Wildman–Crippen LogP) is 3.26. The quantitative estimate of drug-likeness (QED) is 0.727. The zero-order valence-corrected chi connectivity index (χ0v) is 14.8. The Balaban J connectivity index is 1.71. The average Bonchev–Trinajstić information content (AvgIpc) is 3.20. The van der Waals surface area contributed by atoms with Crippen molar-refractivity contribution in [2.45, 2.75) is 18.2 Å². The Morgan fingerprint density at radius 3 is 2.68 bits per heavy atom. The first-order chi connectivity index (χ1) is 11.9. The van der Waals surface area contributed by atoms with Crippen LogP contribution in [0.1, 0.15) is 16.7 Å². The van der Waals surface area contributed by atoms with Gasteiger partial charge in [0.05, 0.1) is 28.2 Å². The molecule has 5 nitrogen and oxygen atoms in total. The van der Waals surface area contributed by atoms with Gasteiger partial charge in [0.25, 0.3) is 0 Å². The zero-order chi connectivity index (χ0) is 17.6. The first kappa shape index (κ1) is 15.8. The molecule has 4 rings (SSSR count). The molecule has 0 saturated heterocycles. The maximum absolute atomic E-state index is 11.9. The first-order valence-electron chi connectivity index (χ1n) is 7.93. The van der Waals surface area contributed by atoms with Gasteiger partial charge in [0.2, 0.25) is 0 Å². The molecule has 0 atom stereocenters. The predicted molar refractivity (Wildman–Crippen MR) is 97.8 cm³/mol. The minimum atomic E-state index is -3.27. The highest BCUT2D eigenvalue weighted by Gasteiger charge is 2.17. The van der Waals surface area contributed by atoms with Crippen molar-refractivity contribution in [2.24, 2.45) is 4.99 Å². The number of nitrogens with zero attached hydrogens (tertiary/aromatic N) is 3. The van der Waals surface area contributed by atoms with Gasteiger partial charge < -0.3 is 0 Å². The summed E-state index contributed by atoms with van der Waals surface area (Å²) in [5.74, 6) is 0. The summed E-state index contributed by atoms with van der Waals surface area (Å²) >= 11 is 0. The third kappa shape index (κ3) is 3.00. The summed E-state index contributed by atoms with van der Waals surface area (Å²) in [6.45, 7) is 1.88. The first-order valence-corrected chi connectivity index (χ1v) is 9.82. The van der Waals surface area contributed by atoms with Crippen molar-refractivity contribution in [1.82, 2.24) is 9.78 Å². The summed E-state index contributed by atoms with van der Waals surface area (Å²) < 4.78 is 25.4. The van der Waals surface area contributed by atoms with E-state index >= 15 is 0 Å². The van der Waals surface area contributed by atoms with Gasteiger partial charge in [-0.15, -0.1) is 0 Å². The number of aliphatic imine (C=N–C) groups is 1. The highest BCUT2D eigenvalue weighted by Crippen LogP contribution is 2.28. The highest BCUT2D eigenvalue weighted by atomic mass is 32.2. The maximum atomic E-state index is 11.9. The molecule has 0 unspecified atom stereocenters. The molecular weight excluding hydrogens is 334 g/mol. The molecule has 0 N–H and O–H groups in total. The van der Waals surface area contributed by atoms with Crippen LogP contribution in [0.5, 0.6) is 0 Å². The summed E-state index contributed by atoms with van der Waals surface area (Å²) in [5.41, 5.74) is 5.73. The van der Waals surface area contributed by atoms with Crippen LogP contribution in [0.25, 0.3) is 5.69 Å². The van der Waals surface area contributed by atoms with Gasteiger partial charge in [0.1, 0.15) is 0 Å². The third-order valence-corrected chi connectivity index (χ3v) is 5.34. The van der Waals surface area contributed by atoms with E-state index in [9.17, 15) is 8.42 Å². The molecule has 0 radical (unpaired) electrons. The van der Waals surface area contributed by atoms with E-state index in [0.29, 0.717) is 4.90 Å². The van der Waals surface area contributed by atoms with Gasteiger partial charge >= 0.3 is 0 Å². The van der Waals surface area contributed by atoms with Crippen molar-refractivity contribution in [2.75, 3.05) is 6.26 Å². The van der Waals surface area contributed by atoms with E-state index in [0.717, 1.165) is 34.6 Å². The van der Waals surface area contributed by atoms with Gasteiger partial charge in [-0.1, -0.05) is 18.2 Å². The number of aryl methyl sites for hydroxylation is 1. The second kappa shape index (κ2) is 5.67.